The molecule has 1 aromatic heterocycles. The second-order valence-electron chi connectivity index (χ2n) is 6.58. The molecule has 0 radical (unpaired) electrons. The van der Waals surface area contributed by atoms with Crippen molar-refractivity contribution in [3.8, 4) is 5.69 Å². The molecule has 0 saturated heterocycles. The molecule has 3 aromatic rings. The van der Waals surface area contributed by atoms with Crippen LogP contribution >= 0.6 is 69.6 Å². The maximum Gasteiger partial charge on any atom is 0.318 e. The molecular formula is C18H11Cl6N5O5S. The molecule has 0 saturated carbocycles. The molecule has 3 rings (SSSR count). The van der Waals surface area contributed by atoms with Gasteiger partial charge in [-0.05, 0) is 36.4 Å². The third-order valence-electron chi connectivity index (χ3n) is 4.12. The van der Waals surface area contributed by atoms with Crippen molar-refractivity contribution in [3.05, 3.63) is 63.1 Å². The minimum Gasteiger partial charge on any atom is -0.480 e. The molecule has 17 heteroatoms. The summed E-state index contributed by atoms with van der Waals surface area (Å²) in [7, 11) is -4.15. The molecule has 0 aliphatic heterocycles. The number of carboxylic acid groups (broad SMARTS) is 1. The van der Waals surface area contributed by atoms with Gasteiger partial charge in [-0.25, -0.2) is 18.1 Å². The third-order valence-corrected chi connectivity index (χ3v) is 7.08. The van der Waals surface area contributed by atoms with Crippen molar-refractivity contribution in [2.45, 2.75) is 8.69 Å². The molecule has 0 bridgehead atoms. The van der Waals surface area contributed by atoms with Gasteiger partial charge in [0.15, 0.2) is 5.82 Å². The van der Waals surface area contributed by atoms with Crippen molar-refractivity contribution in [2.24, 2.45) is 0 Å². The van der Waals surface area contributed by atoms with Gasteiger partial charge in [-0.15, -0.1) is 5.10 Å². The summed E-state index contributed by atoms with van der Waals surface area (Å²) in [6.07, 6.45) is 0. The Morgan fingerprint density at radius 1 is 1.00 bits per heavy atom. The Labute approximate surface area is 228 Å². The van der Waals surface area contributed by atoms with Crippen molar-refractivity contribution in [1.29, 1.82) is 0 Å². The van der Waals surface area contributed by atoms with Crippen molar-refractivity contribution in [1.82, 2.24) is 19.5 Å². The smallest absolute Gasteiger partial charge is 0.318 e. The maximum atomic E-state index is 12.8. The highest BCUT2D eigenvalue weighted by atomic mass is 35.6. The molecular weight excluding hydrogens is 611 g/mol. The minimum absolute atomic E-state index is 0.00942. The van der Waals surface area contributed by atoms with Crippen LogP contribution in [0, 0.1) is 0 Å². The van der Waals surface area contributed by atoms with E-state index in [0.717, 1.165) is 16.8 Å². The lowest BCUT2D eigenvalue weighted by atomic mass is 10.3. The van der Waals surface area contributed by atoms with E-state index in [0.29, 0.717) is 5.69 Å². The molecule has 2 aromatic carbocycles. The summed E-state index contributed by atoms with van der Waals surface area (Å²) in [5.74, 6) is -2.86. The second kappa shape index (κ2) is 10.7. The molecule has 0 aliphatic carbocycles. The van der Waals surface area contributed by atoms with Gasteiger partial charge in [-0.3, -0.25) is 9.59 Å². The number of benzene rings is 2. The zero-order chi connectivity index (χ0) is 26.1. The highest BCUT2D eigenvalue weighted by molar-refractivity contribution is 7.89. The SMILES string of the molecule is O=C(O)CNS(=O)(=O)c1ccc(NC(=O)c2nc(C(Cl)(Cl)Cl)n(-c3ccc(Cl)c(Cl)c3)n2)c(Cl)c1. The quantitative estimate of drug-likeness (QED) is 0.325. The number of alkyl halides is 3. The summed E-state index contributed by atoms with van der Waals surface area (Å²) in [4.78, 5) is 27.1. The molecule has 0 unspecified atom stereocenters. The van der Waals surface area contributed by atoms with Crippen molar-refractivity contribution >= 4 is 97.2 Å². The number of carbonyl (C=O) groups is 2. The van der Waals surface area contributed by atoms with Crippen molar-refractivity contribution < 1.29 is 23.1 Å². The largest absolute Gasteiger partial charge is 0.480 e. The van der Waals surface area contributed by atoms with Crippen LogP contribution in [-0.2, 0) is 18.6 Å². The number of rotatable bonds is 7. The van der Waals surface area contributed by atoms with Crippen LogP contribution in [0.25, 0.3) is 5.69 Å². The first kappa shape index (κ1) is 27.8. The van der Waals surface area contributed by atoms with Crippen LogP contribution in [0.1, 0.15) is 16.4 Å². The van der Waals surface area contributed by atoms with Gasteiger partial charge >= 0.3 is 5.97 Å². The Balaban J connectivity index is 1.91. The van der Waals surface area contributed by atoms with Crippen LogP contribution in [0.15, 0.2) is 41.3 Å². The topological polar surface area (TPSA) is 143 Å². The van der Waals surface area contributed by atoms with Gasteiger partial charge in [0, 0.05) is 0 Å². The number of nitrogens with zero attached hydrogens (tertiary/aromatic N) is 3. The summed E-state index contributed by atoms with van der Waals surface area (Å²) < 4.78 is 25.2. The van der Waals surface area contributed by atoms with Gasteiger partial charge in [0.1, 0.15) is 6.54 Å². The monoisotopic (exact) mass is 619 g/mol. The molecule has 0 spiro atoms. The van der Waals surface area contributed by atoms with Crippen LogP contribution in [0.3, 0.4) is 0 Å². The predicted octanol–water partition coefficient (Wildman–Crippen LogP) is 4.67. The lowest BCUT2D eigenvalue weighted by molar-refractivity contribution is -0.135. The van der Waals surface area contributed by atoms with Gasteiger partial charge in [-0.1, -0.05) is 69.6 Å². The second-order valence-corrected chi connectivity index (χ2v) is 11.9. The lowest BCUT2D eigenvalue weighted by Crippen LogP contribution is -2.29. The highest BCUT2D eigenvalue weighted by Gasteiger charge is 2.33. The number of aliphatic carboxylic acids is 1. The Morgan fingerprint density at radius 3 is 2.26 bits per heavy atom. The first-order valence-electron chi connectivity index (χ1n) is 9.01. The van der Waals surface area contributed by atoms with E-state index in [1.165, 1.54) is 24.3 Å². The number of aromatic nitrogens is 3. The Kier molecular flexibility index (Phi) is 8.45. The van der Waals surface area contributed by atoms with Crippen molar-refractivity contribution in [2.75, 3.05) is 11.9 Å². The van der Waals surface area contributed by atoms with Gasteiger partial charge in [0.25, 0.3) is 5.91 Å². The van der Waals surface area contributed by atoms with Crippen LogP contribution in [0.4, 0.5) is 5.69 Å². The molecule has 0 aliphatic rings. The molecule has 0 fully saturated rings. The highest BCUT2D eigenvalue weighted by Crippen LogP contribution is 2.38. The minimum atomic E-state index is -4.15. The van der Waals surface area contributed by atoms with Crippen molar-refractivity contribution in [3.63, 3.8) is 0 Å². The van der Waals surface area contributed by atoms with E-state index < -0.39 is 38.1 Å². The lowest BCUT2D eigenvalue weighted by Gasteiger charge is -2.12. The number of amides is 1. The standard InChI is InChI=1S/C18H11Cl6N5O5S/c19-10-3-1-8(5-11(10)20)29-17(18(22,23)24)27-15(28-29)16(32)26-13-4-2-9(6-12(13)21)35(33,34)25-7-14(30)31/h1-6,25H,7H2,(H,26,32)(H,30,31). The maximum absolute atomic E-state index is 12.8. The number of sulfonamides is 1. The van der Waals surface area contributed by atoms with E-state index in [-0.39, 0.29) is 31.5 Å². The number of carboxylic acids is 1. The predicted molar refractivity (Wildman–Crippen MR) is 133 cm³/mol. The summed E-state index contributed by atoms with van der Waals surface area (Å²) in [6.45, 7) is -0.822. The fraction of sp³-hybridized carbons (Fsp3) is 0.111. The number of halogens is 6. The van der Waals surface area contributed by atoms with Crippen LogP contribution in [0.2, 0.25) is 15.1 Å². The van der Waals surface area contributed by atoms with E-state index in [9.17, 15) is 18.0 Å². The average Bonchev–Trinajstić information content (AvgIpc) is 3.22. The third kappa shape index (κ3) is 6.69. The number of carbonyl (C=O) groups excluding carboxylic acids is 1. The number of nitrogens with one attached hydrogen (secondary N) is 2. The summed E-state index contributed by atoms with van der Waals surface area (Å²) in [6, 6.07) is 7.74. The molecule has 10 nitrogen and oxygen atoms in total. The fourth-order valence-corrected chi connectivity index (χ4v) is 4.52. The normalized spacial score (nSPS) is 11.9. The van der Waals surface area contributed by atoms with E-state index in [1.807, 2.05) is 4.72 Å². The summed E-state index contributed by atoms with van der Waals surface area (Å²) in [5, 5.41) is 15.4. The van der Waals surface area contributed by atoms with E-state index in [1.54, 1.807) is 0 Å². The average molecular weight is 622 g/mol. The molecule has 1 heterocycles. The van der Waals surface area contributed by atoms with Gasteiger partial charge < -0.3 is 10.4 Å². The van der Waals surface area contributed by atoms with E-state index >= 15 is 0 Å². The molecule has 186 valence electrons. The first-order valence-corrected chi connectivity index (χ1v) is 12.8. The zero-order valence-corrected chi connectivity index (χ0v) is 22.1. The Hall–Kier alpha value is -1.83. The summed E-state index contributed by atoms with van der Waals surface area (Å²) in [5.41, 5.74) is 0.309. The molecule has 3 N–H and O–H groups in total. The fourth-order valence-electron chi connectivity index (χ4n) is 2.57. The molecule has 0 atom stereocenters. The van der Waals surface area contributed by atoms with E-state index in [2.05, 4.69) is 15.4 Å². The van der Waals surface area contributed by atoms with Gasteiger partial charge in [-0.2, -0.15) is 4.72 Å². The number of hydrogen-bond donors (Lipinski definition) is 3. The number of anilines is 1. The van der Waals surface area contributed by atoms with Crippen LogP contribution < -0.4 is 10.0 Å². The molecule has 1 amide bonds. The summed E-state index contributed by atoms with van der Waals surface area (Å²) >= 11 is 36.0. The van der Waals surface area contributed by atoms with Crippen LogP contribution in [0.5, 0.6) is 0 Å². The van der Waals surface area contributed by atoms with Gasteiger partial charge in [0.2, 0.25) is 19.6 Å². The first-order chi connectivity index (χ1) is 16.2. The Morgan fingerprint density at radius 2 is 1.69 bits per heavy atom. The van der Waals surface area contributed by atoms with Gasteiger partial charge in [0.05, 0.1) is 31.3 Å². The number of hydrogen-bond acceptors (Lipinski definition) is 6. The zero-order valence-electron chi connectivity index (χ0n) is 16.8. The molecule has 35 heavy (non-hydrogen) atoms. The van der Waals surface area contributed by atoms with Crippen LogP contribution in [-0.4, -0.2) is 46.7 Å². The Bertz CT molecular complexity index is 1420. The van der Waals surface area contributed by atoms with E-state index in [4.69, 9.17) is 74.7 Å².